The highest BCUT2D eigenvalue weighted by Crippen LogP contribution is 2.34. The minimum Gasteiger partial charge on any atom is -0.345 e. The zero-order chi connectivity index (χ0) is 27.6. The van der Waals surface area contributed by atoms with E-state index in [1.807, 2.05) is 0 Å². The van der Waals surface area contributed by atoms with E-state index in [-0.39, 0.29) is 22.4 Å². The molecule has 11 heteroatoms. The summed E-state index contributed by atoms with van der Waals surface area (Å²) in [6.07, 6.45) is -1.61. The van der Waals surface area contributed by atoms with Crippen LogP contribution in [0, 0.1) is 12.7 Å². The van der Waals surface area contributed by atoms with Gasteiger partial charge in [0.15, 0.2) is 0 Å². The first kappa shape index (κ1) is 28.6. The van der Waals surface area contributed by atoms with Crippen LogP contribution in [0.3, 0.4) is 0 Å². The van der Waals surface area contributed by atoms with Crippen LogP contribution in [-0.4, -0.2) is 79.6 Å². The number of pyridine rings is 1. The molecule has 2 saturated heterocycles. The van der Waals surface area contributed by atoms with Crippen molar-refractivity contribution >= 4 is 29.0 Å². The smallest absolute Gasteiger partial charge is 0.345 e. The van der Waals surface area contributed by atoms with Crippen LogP contribution in [-0.2, 0) is 11.0 Å². The first-order chi connectivity index (χ1) is 17.9. The number of halogens is 5. The molecule has 6 nitrogen and oxygen atoms in total. The summed E-state index contributed by atoms with van der Waals surface area (Å²) in [5.74, 6) is -0.701. The first-order valence-electron chi connectivity index (χ1n) is 12.9. The maximum atomic E-state index is 13.9. The summed E-state index contributed by atoms with van der Waals surface area (Å²) in [6.45, 7) is 5.05. The van der Waals surface area contributed by atoms with Crippen LogP contribution in [0.2, 0.25) is 5.02 Å². The summed E-state index contributed by atoms with van der Waals surface area (Å²) in [7, 11) is 4.14. The molecule has 4 rings (SSSR count). The van der Waals surface area contributed by atoms with E-state index in [1.165, 1.54) is 25.1 Å². The molecule has 1 amide bonds. The number of likely N-dealkylation sites (N-methyl/N-ethyl adjacent to an activating group) is 1. The molecule has 1 aromatic carbocycles. The Morgan fingerprint density at radius 3 is 2.58 bits per heavy atom. The van der Waals surface area contributed by atoms with Crippen molar-refractivity contribution in [3.05, 3.63) is 52.4 Å². The monoisotopic (exact) mass is 555 g/mol. The van der Waals surface area contributed by atoms with Gasteiger partial charge in [0.1, 0.15) is 17.7 Å². The minimum absolute atomic E-state index is 0.0906. The number of rotatable bonds is 8. The second-order valence-corrected chi connectivity index (χ2v) is 10.8. The van der Waals surface area contributed by atoms with Gasteiger partial charge >= 0.3 is 6.18 Å². The molecule has 208 valence electrons. The number of hydrogen-bond donors (Lipinski definition) is 0. The molecule has 0 N–H and O–H groups in total. The van der Waals surface area contributed by atoms with Gasteiger partial charge in [0.25, 0.3) is 0 Å². The molecule has 0 saturated carbocycles. The molecule has 0 unspecified atom stereocenters. The molecule has 2 atom stereocenters. The number of carbonyl (C=O) groups is 1. The van der Waals surface area contributed by atoms with Crippen molar-refractivity contribution in [1.82, 2.24) is 14.8 Å². The highest BCUT2D eigenvalue weighted by molar-refractivity contribution is 6.31. The number of benzene rings is 1. The third-order valence-electron chi connectivity index (χ3n) is 7.41. The van der Waals surface area contributed by atoms with Crippen molar-refractivity contribution < 1.29 is 22.4 Å². The predicted molar refractivity (Wildman–Crippen MR) is 141 cm³/mol. The molecule has 38 heavy (non-hydrogen) atoms. The van der Waals surface area contributed by atoms with Gasteiger partial charge in [-0.3, -0.25) is 4.79 Å². The maximum absolute atomic E-state index is 13.9. The lowest BCUT2D eigenvalue weighted by Gasteiger charge is -2.32. The summed E-state index contributed by atoms with van der Waals surface area (Å²) in [4.78, 5) is 26.1. The molecule has 0 aliphatic carbocycles. The van der Waals surface area contributed by atoms with Crippen LogP contribution in [0.25, 0.3) is 0 Å². The zero-order valence-corrected chi connectivity index (χ0v) is 22.7. The van der Waals surface area contributed by atoms with Crippen LogP contribution < -0.4 is 9.80 Å². The predicted octanol–water partition coefficient (Wildman–Crippen LogP) is 5.23. The Kier molecular flexibility index (Phi) is 8.84. The number of nitrogens with zero attached hydrogens (tertiary/aromatic N) is 5. The molecular formula is C27H34ClF4N5O. The minimum atomic E-state index is -4.51. The van der Waals surface area contributed by atoms with Crippen molar-refractivity contribution in [3.8, 4) is 0 Å². The Hall–Kier alpha value is -2.43. The maximum Gasteiger partial charge on any atom is 0.416 e. The zero-order valence-electron chi connectivity index (χ0n) is 21.9. The van der Waals surface area contributed by atoms with E-state index in [9.17, 15) is 22.4 Å². The van der Waals surface area contributed by atoms with E-state index in [1.54, 1.807) is 9.80 Å². The Morgan fingerprint density at radius 2 is 1.92 bits per heavy atom. The van der Waals surface area contributed by atoms with Gasteiger partial charge in [-0.05, 0) is 90.1 Å². The van der Waals surface area contributed by atoms with Gasteiger partial charge in [-0.2, -0.15) is 13.2 Å². The van der Waals surface area contributed by atoms with Crippen molar-refractivity contribution in [1.29, 1.82) is 0 Å². The highest BCUT2D eigenvalue weighted by atomic mass is 35.5. The lowest BCUT2D eigenvalue weighted by atomic mass is 10.1. The fraction of sp³-hybridized carbons (Fsp3) is 0.556. The molecular weight excluding hydrogens is 522 g/mol. The molecule has 0 spiro atoms. The van der Waals surface area contributed by atoms with Gasteiger partial charge in [0.05, 0.1) is 10.6 Å². The van der Waals surface area contributed by atoms with E-state index >= 15 is 0 Å². The topological polar surface area (TPSA) is 42.9 Å². The Morgan fingerprint density at radius 1 is 1.16 bits per heavy atom. The summed E-state index contributed by atoms with van der Waals surface area (Å²) >= 11 is 6.05. The standard InChI is InChI=1S/C27H34ClF4N5O/c1-18-14-19(27(30,31)32)15-25(33-18)37-11-4-6-24(37)26(38)36(20-7-8-23(29)22(28)16-20)12-5-10-35-13-9-21(17-35)34(2)3/h7-8,14-16,21,24H,4-6,9-13,17H2,1-3H3/t21-,24+/m1/s1. The molecule has 2 aliphatic rings. The lowest BCUT2D eigenvalue weighted by molar-refractivity contribution is -0.137. The number of carbonyl (C=O) groups excluding carboxylic acids is 1. The van der Waals surface area contributed by atoms with E-state index in [4.69, 9.17) is 11.6 Å². The summed E-state index contributed by atoms with van der Waals surface area (Å²) < 4.78 is 54.3. The van der Waals surface area contributed by atoms with Gasteiger partial charge in [-0.25, -0.2) is 9.37 Å². The summed E-state index contributed by atoms with van der Waals surface area (Å²) in [5.41, 5.74) is -0.0901. The second-order valence-electron chi connectivity index (χ2n) is 10.4. The number of amides is 1. The molecule has 3 heterocycles. The van der Waals surface area contributed by atoms with Gasteiger partial charge in [-0.15, -0.1) is 0 Å². The Labute approximate surface area is 226 Å². The number of aryl methyl sites for hydroxylation is 1. The molecule has 2 fully saturated rings. The lowest BCUT2D eigenvalue weighted by Crippen LogP contribution is -2.47. The summed E-state index contributed by atoms with van der Waals surface area (Å²) in [6, 6.07) is 6.00. The first-order valence-corrected chi connectivity index (χ1v) is 13.3. The quantitative estimate of drug-likeness (QED) is 0.417. The average Bonchev–Trinajstić information content (AvgIpc) is 3.53. The van der Waals surface area contributed by atoms with E-state index < -0.39 is 23.6 Å². The largest absolute Gasteiger partial charge is 0.416 e. The van der Waals surface area contributed by atoms with E-state index in [2.05, 4.69) is 28.9 Å². The van der Waals surface area contributed by atoms with Crippen molar-refractivity contribution in [2.45, 2.75) is 50.9 Å². The number of likely N-dealkylation sites (tertiary alicyclic amines) is 1. The highest BCUT2D eigenvalue weighted by Gasteiger charge is 2.37. The van der Waals surface area contributed by atoms with E-state index in [0.717, 1.165) is 38.2 Å². The van der Waals surface area contributed by atoms with Gasteiger partial charge in [-0.1, -0.05) is 11.6 Å². The molecule has 2 aliphatic heterocycles. The number of hydrogen-bond acceptors (Lipinski definition) is 5. The third kappa shape index (κ3) is 6.58. The molecule has 0 bridgehead atoms. The van der Waals surface area contributed by atoms with Crippen molar-refractivity contribution in [2.75, 3.05) is 56.6 Å². The second kappa shape index (κ2) is 11.8. The van der Waals surface area contributed by atoms with E-state index in [0.29, 0.717) is 44.1 Å². The molecule has 2 aromatic rings. The normalized spacial score (nSPS) is 20.5. The van der Waals surface area contributed by atoms with Crippen LogP contribution >= 0.6 is 11.6 Å². The molecule has 1 aromatic heterocycles. The third-order valence-corrected chi connectivity index (χ3v) is 7.70. The fourth-order valence-electron chi connectivity index (χ4n) is 5.35. The number of alkyl halides is 3. The Balaban J connectivity index is 1.55. The number of aromatic nitrogens is 1. The summed E-state index contributed by atoms with van der Waals surface area (Å²) in [5, 5.41) is -0.0906. The van der Waals surface area contributed by atoms with Crippen LogP contribution in [0.5, 0.6) is 0 Å². The SMILES string of the molecule is Cc1cc(C(F)(F)F)cc(N2CCC[C@H]2C(=O)N(CCCN2CC[C@@H](N(C)C)C2)c2ccc(F)c(Cl)c2)n1. The van der Waals surface area contributed by atoms with Gasteiger partial charge in [0, 0.05) is 37.1 Å². The van der Waals surface area contributed by atoms with Gasteiger partial charge < -0.3 is 19.6 Å². The van der Waals surface area contributed by atoms with Gasteiger partial charge in [0.2, 0.25) is 5.91 Å². The van der Waals surface area contributed by atoms with Crippen LogP contribution in [0.15, 0.2) is 30.3 Å². The fourth-order valence-corrected chi connectivity index (χ4v) is 5.52. The van der Waals surface area contributed by atoms with Crippen molar-refractivity contribution in [2.24, 2.45) is 0 Å². The van der Waals surface area contributed by atoms with Crippen LogP contribution in [0.4, 0.5) is 29.1 Å². The average molecular weight is 556 g/mol. The number of anilines is 2. The van der Waals surface area contributed by atoms with Crippen LogP contribution in [0.1, 0.15) is 36.9 Å². The molecule has 0 radical (unpaired) electrons. The Bertz CT molecular complexity index is 1140. The van der Waals surface area contributed by atoms with Crippen molar-refractivity contribution in [3.63, 3.8) is 0 Å².